The molecular weight excluding hydrogens is 725 g/mol. The minimum absolute atomic E-state index is 0. The molecule has 0 bridgehead atoms. The monoisotopic (exact) mass is 780 g/mol. The molecule has 6 aromatic rings. The third-order valence-electron chi connectivity index (χ3n) is 10.2. The number of ether oxygens (including phenoxy) is 1. The van der Waals surface area contributed by atoms with Gasteiger partial charge in [-0.1, -0.05) is 37.6 Å². The number of hydrogen-bond acceptors (Lipinski definition) is 11. The van der Waals surface area contributed by atoms with Crippen molar-refractivity contribution in [1.29, 1.82) is 0 Å². The molecule has 15 heteroatoms. The fourth-order valence-corrected chi connectivity index (χ4v) is 6.90. The maximum Gasteiger partial charge on any atom is 0.293 e. The third kappa shape index (κ3) is 8.72. The largest absolute Gasteiger partial charge is 0.478 e. The predicted molar refractivity (Wildman–Crippen MR) is 230 cm³/mol. The van der Waals surface area contributed by atoms with E-state index in [4.69, 9.17) is 9.72 Å². The number of aromatic nitrogens is 5. The molecule has 0 saturated carbocycles. The summed E-state index contributed by atoms with van der Waals surface area (Å²) in [6.07, 6.45) is 5.45. The molecule has 0 aliphatic carbocycles. The lowest BCUT2D eigenvalue weighted by Crippen LogP contribution is -2.39. The van der Waals surface area contributed by atoms with Gasteiger partial charge in [-0.2, -0.15) is 10.1 Å². The van der Waals surface area contributed by atoms with Gasteiger partial charge in [-0.05, 0) is 72.9 Å². The number of fused-ring (bicyclic) bond motifs is 2. The Morgan fingerprint density at radius 1 is 0.947 bits per heavy atom. The SMILES string of the molecule is CCCCc1cnc(NCc2ccc(CNc3ccc4c(C5CCC(=O)NC5=O)nn(C)c4c3)cc2)nc1Nc1ccc2c(c1)cc(OCC(=O)NC)c(=O)n2C.[HH].[HH].[HH].[HH].[HH]. The quantitative estimate of drug-likeness (QED) is 0.0727. The van der Waals surface area contributed by atoms with Crippen LogP contribution in [-0.4, -0.2) is 55.7 Å². The van der Waals surface area contributed by atoms with Crippen LogP contribution in [0.15, 0.2) is 77.7 Å². The minimum atomic E-state index is -0.441. The highest BCUT2D eigenvalue weighted by atomic mass is 16.5. The summed E-state index contributed by atoms with van der Waals surface area (Å²) in [7, 11) is 5.05. The average Bonchev–Trinajstić information content (AvgIpc) is 3.54. The Morgan fingerprint density at radius 2 is 1.70 bits per heavy atom. The van der Waals surface area contributed by atoms with Gasteiger partial charge in [-0.25, -0.2) is 4.98 Å². The molecule has 57 heavy (non-hydrogen) atoms. The summed E-state index contributed by atoms with van der Waals surface area (Å²) in [5.41, 5.74) is 6.88. The van der Waals surface area contributed by atoms with E-state index in [1.807, 2.05) is 49.6 Å². The van der Waals surface area contributed by atoms with Crippen LogP contribution in [0.5, 0.6) is 5.75 Å². The van der Waals surface area contributed by atoms with Crippen molar-refractivity contribution in [3.63, 3.8) is 0 Å². The second-order valence-electron chi connectivity index (χ2n) is 14.2. The smallest absolute Gasteiger partial charge is 0.293 e. The van der Waals surface area contributed by atoms with Gasteiger partial charge in [0.15, 0.2) is 12.4 Å². The molecule has 0 radical (unpaired) electrons. The van der Waals surface area contributed by atoms with Crippen molar-refractivity contribution < 1.29 is 26.3 Å². The Morgan fingerprint density at radius 3 is 2.44 bits per heavy atom. The van der Waals surface area contributed by atoms with Gasteiger partial charge in [-0.15, -0.1) is 0 Å². The third-order valence-corrected chi connectivity index (χ3v) is 10.2. The van der Waals surface area contributed by atoms with Crippen LogP contribution in [-0.2, 0) is 48.0 Å². The lowest BCUT2D eigenvalue weighted by atomic mass is 9.93. The fraction of sp³-hybridized carbons (Fsp3) is 0.310. The summed E-state index contributed by atoms with van der Waals surface area (Å²) < 4.78 is 8.82. The van der Waals surface area contributed by atoms with Gasteiger partial charge < -0.3 is 30.6 Å². The van der Waals surface area contributed by atoms with E-state index in [1.165, 1.54) is 11.6 Å². The van der Waals surface area contributed by atoms with Crippen LogP contribution in [0.3, 0.4) is 0 Å². The van der Waals surface area contributed by atoms with E-state index in [1.54, 1.807) is 17.8 Å². The van der Waals surface area contributed by atoms with E-state index >= 15 is 0 Å². The summed E-state index contributed by atoms with van der Waals surface area (Å²) in [6, 6.07) is 21.7. The van der Waals surface area contributed by atoms with E-state index < -0.39 is 5.92 Å². The number of nitrogens with one attached hydrogen (secondary N) is 5. The van der Waals surface area contributed by atoms with Crippen molar-refractivity contribution in [2.45, 2.75) is 58.0 Å². The lowest BCUT2D eigenvalue weighted by Gasteiger charge is -2.19. The van der Waals surface area contributed by atoms with E-state index in [9.17, 15) is 19.2 Å². The maximum absolute atomic E-state index is 12.9. The van der Waals surface area contributed by atoms with Crippen LogP contribution < -0.4 is 36.9 Å². The maximum atomic E-state index is 12.9. The molecule has 3 aromatic heterocycles. The number of unbranched alkanes of at least 4 members (excludes halogenated alkanes) is 1. The van der Waals surface area contributed by atoms with Gasteiger partial charge in [0.1, 0.15) is 5.82 Å². The number of piperidine rings is 1. The number of nitrogens with zero attached hydrogens (tertiary/aromatic N) is 5. The molecule has 1 saturated heterocycles. The van der Waals surface area contributed by atoms with E-state index in [-0.39, 0.29) is 42.8 Å². The summed E-state index contributed by atoms with van der Waals surface area (Å²) in [6.45, 7) is 3.03. The molecule has 1 aliphatic rings. The van der Waals surface area contributed by atoms with E-state index in [0.29, 0.717) is 43.4 Å². The highest BCUT2D eigenvalue weighted by Crippen LogP contribution is 2.32. The number of carbonyl (C=O) groups excluding carboxylic acids is 3. The Bertz CT molecular complexity index is 2550. The zero-order chi connectivity index (χ0) is 40.1. The Hall–Kier alpha value is -6.77. The Kier molecular flexibility index (Phi) is 11.4. The standard InChI is InChI=1S/C42H46N10O5.5H2/c1-5-6-7-27-23-46-42(49-39(27)47-30-13-16-33-28(18-30)19-35(41(56)51(33)3)57-24-37(54)43-2)45-22-26-10-8-25(9-11-26)21-44-29-12-14-31-34(20-29)52(4)50-38(31)32-15-17-36(53)48-40(32)55;;;;;/h8-14,16,18-20,23,32,44H,5-7,15,17,21-22,24H2,1-4H3,(H,43,54)(H,48,53,55)(H2,45,46,47,49);5*1H. The van der Waals surface area contributed by atoms with Crippen LogP contribution >= 0.6 is 0 Å². The second kappa shape index (κ2) is 16.9. The summed E-state index contributed by atoms with van der Waals surface area (Å²) in [4.78, 5) is 58.2. The number of amides is 3. The second-order valence-corrected chi connectivity index (χ2v) is 14.2. The molecule has 4 heterocycles. The van der Waals surface area contributed by atoms with Gasteiger partial charge in [0.05, 0.1) is 22.6 Å². The van der Waals surface area contributed by atoms with Gasteiger partial charge in [-0.3, -0.25) is 29.2 Å². The first-order chi connectivity index (χ1) is 27.6. The number of carbonyl (C=O) groups is 3. The van der Waals surface area contributed by atoms with Crippen LogP contribution in [0.25, 0.3) is 21.8 Å². The molecule has 0 spiro atoms. The minimum Gasteiger partial charge on any atom is -0.478 e. The van der Waals surface area contributed by atoms with Crippen molar-refractivity contribution in [2.24, 2.45) is 14.1 Å². The number of likely N-dealkylation sites (N-methyl/N-ethyl adjacent to an activating group) is 1. The Labute approximate surface area is 336 Å². The molecular formula is C42H56N10O5. The molecule has 5 N–H and O–H groups in total. The molecule has 3 aromatic carbocycles. The molecule has 3 amide bonds. The highest BCUT2D eigenvalue weighted by Gasteiger charge is 2.31. The first-order valence-corrected chi connectivity index (χ1v) is 19.1. The van der Waals surface area contributed by atoms with E-state index in [0.717, 1.165) is 69.1 Å². The summed E-state index contributed by atoms with van der Waals surface area (Å²) >= 11 is 0. The lowest BCUT2D eigenvalue weighted by molar-refractivity contribution is -0.134. The summed E-state index contributed by atoms with van der Waals surface area (Å²) in [5, 5.41) is 21.6. The van der Waals surface area contributed by atoms with Crippen molar-refractivity contribution in [2.75, 3.05) is 29.6 Å². The number of rotatable bonds is 15. The molecule has 1 fully saturated rings. The molecule has 1 atom stereocenters. The molecule has 1 unspecified atom stereocenters. The number of hydrogen-bond donors (Lipinski definition) is 5. The normalized spacial score (nSPS) is 14.1. The van der Waals surface area contributed by atoms with Crippen molar-refractivity contribution in [1.82, 2.24) is 34.9 Å². The van der Waals surface area contributed by atoms with Crippen LogP contribution in [0.4, 0.5) is 23.1 Å². The first kappa shape index (κ1) is 38.5. The van der Waals surface area contributed by atoms with Crippen molar-refractivity contribution in [3.05, 3.63) is 106 Å². The van der Waals surface area contributed by atoms with Crippen molar-refractivity contribution >= 4 is 62.7 Å². The van der Waals surface area contributed by atoms with Crippen LogP contribution in [0.2, 0.25) is 0 Å². The van der Waals surface area contributed by atoms with Gasteiger partial charge in [0.25, 0.3) is 11.5 Å². The highest BCUT2D eigenvalue weighted by molar-refractivity contribution is 6.02. The Balaban J connectivity index is 0.00000265. The van der Waals surface area contributed by atoms with E-state index in [2.05, 4.69) is 67.9 Å². The fourth-order valence-electron chi connectivity index (χ4n) is 6.90. The van der Waals surface area contributed by atoms with Gasteiger partial charge in [0.2, 0.25) is 17.8 Å². The number of aryl methyl sites for hydroxylation is 3. The zero-order valence-corrected chi connectivity index (χ0v) is 32.4. The zero-order valence-electron chi connectivity index (χ0n) is 32.4. The number of imide groups is 1. The predicted octanol–water partition coefficient (Wildman–Crippen LogP) is 6.40. The van der Waals surface area contributed by atoms with Gasteiger partial charge >= 0.3 is 0 Å². The average molecular weight is 781 g/mol. The van der Waals surface area contributed by atoms with Crippen LogP contribution in [0, 0.1) is 0 Å². The summed E-state index contributed by atoms with van der Waals surface area (Å²) in [5.74, 6) is -0.0218. The molecule has 304 valence electrons. The number of anilines is 4. The number of pyridine rings is 1. The van der Waals surface area contributed by atoms with Crippen LogP contribution in [0.1, 0.15) is 68.0 Å². The van der Waals surface area contributed by atoms with Crippen molar-refractivity contribution in [3.8, 4) is 5.75 Å². The molecule has 15 nitrogen and oxygen atoms in total. The first-order valence-electron chi connectivity index (χ1n) is 19.1. The topological polar surface area (TPSA) is 186 Å². The van der Waals surface area contributed by atoms with Gasteiger partial charge in [0, 0.05) is 81.7 Å². The number of benzene rings is 3. The molecule has 1 aliphatic heterocycles. The molecule has 7 rings (SSSR count).